The van der Waals surface area contributed by atoms with Crippen molar-refractivity contribution in [3.05, 3.63) is 17.7 Å². The highest BCUT2D eigenvalue weighted by Crippen LogP contribution is 2.44. The minimum Gasteiger partial charge on any atom is -0.493 e. The van der Waals surface area contributed by atoms with Crippen LogP contribution in [-0.4, -0.2) is 32.0 Å². The first-order valence-electron chi connectivity index (χ1n) is 5.55. The van der Waals surface area contributed by atoms with E-state index in [2.05, 4.69) is 0 Å². The number of ether oxygens (including phenoxy) is 2. The second-order valence-corrected chi connectivity index (χ2v) is 4.67. The maximum absolute atomic E-state index is 12.1. The summed E-state index contributed by atoms with van der Waals surface area (Å²) in [6, 6.07) is 3.20. The van der Waals surface area contributed by atoms with Crippen LogP contribution in [0.4, 0.5) is 5.69 Å². The van der Waals surface area contributed by atoms with Gasteiger partial charge in [-0.3, -0.25) is 9.59 Å². The lowest BCUT2D eigenvalue weighted by Crippen LogP contribution is -2.51. The molecule has 0 radical (unpaired) electrons. The van der Waals surface area contributed by atoms with Crippen LogP contribution in [0.1, 0.15) is 24.2 Å². The van der Waals surface area contributed by atoms with Gasteiger partial charge in [-0.15, -0.1) is 0 Å². The van der Waals surface area contributed by atoms with E-state index in [9.17, 15) is 9.59 Å². The van der Waals surface area contributed by atoms with Gasteiger partial charge in [0, 0.05) is 12.6 Å². The Labute approximate surface area is 105 Å². The van der Waals surface area contributed by atoms with Gasteiger partial charge in [0.05, 0.1) is 12.8 Å². The average Bonchev–Trinajstić information content (AvgIpc) is 2.35. The number of nitrogens with zero attached hydrogens (tertiary/aromatic N) is 1. The van der Waals surface area contributed by atoms with Crippen LogP contribution in [0.3, 0.4) is 0 Å². The van der Waals surface area contributed by atoms with E-state index in [1.165, 1.54) is 12.0 Å². The molecule has 1 aliphatic heterocycles. The van der Waals surface area contributed by atoms with Crippen LogP contribution in [0.2, 0.25) is 0 Å². The zero-order valence-electron chi connectivity index (χ0n) is 10.8. The predicted molar refractivity (Wildman–Crippen MR) is 66.5 cm³/mol. The van der Waals surface area contributed by atoms with E-state index in [0.29, 0.717) is 29.0 Å². The van der Waals surface area contributed by atoms with Gasteiger partial charge in [-0.05, 0) is 26.0 Å². The highest BCUT2D eigenvalue weighted by molar-refractivity contribution is 6.03. The summed E-state index contributed by atoms with van der Waals surface area (Å²) in [6.07, 6.45) is 0.709. The van der Waals surface area contributed by atoms with Crippen molar-refractivity contribution in [1.29, 1.82) is 0 Å². The van der Waals surface area contributed by atoms with E-state index >= 15 is 0 Å². The first kappa shape index (κ1) is 12.4. The van der Waals surface area contributed by atoms with Gasteiger partial charge in [0.15, 0.2) is 17.1 Å². The fourth-order valence-electron chi connectivity index (χ4n) is 1.99. The van der Waals surface area contributed by atoms with Crippen molar-refractivity contribution < 1.29 is 19.1 Å². The van der Waals surface area contributed by atoms with Gasteiger partial charge in [-0.1, -0.05) is 0 Å². The molecule has 18 heavy (non-hydrogen) atoms. The van der Waals surface area contributed by atoms with Crippen LogP contribution in [0.5, 0.6) is 11.5 Å². The SMILES string of the molecule is COc1cc(C=O)cc2c1OC(C)(C)C(=O)N2C. The molecule has 0 aromatic heterocycles. The van der Waals surface area contributed by atoms with Crippen LogP contribution < -0.4 is 14.4 Å². The van der Waals surface area contributed by atoms with Gasteiger partial charge in [0.2, 0.25) is 0 Å². The van der Waals surface area contributed by atoms with E-state index in [1.54, 1.807) is 33.0 Å². The molecule has 0 fully saturated rings. The fraction of sp³-hybridized carbons (Fsp3) is 0.385. The fourth-order valence-corrected chi connectivity index (χ4v) is 1.99. The molecule has 96 valence electrons. The number of amides is 1. The minimum atomic E-state index is -0.947. The van der Waals surface area contributed by atoms with E-state index in [-0.39, 0.29) is 5.91 Å². The molecule has 0 aliphatic carbocycles. The number of likely N-dealkylation sites (N-methyl/N-ethyl adjacent to an activating group) is 1. The molecule has 2 rings (SSSR count). The molecule has 1 heterocycles. The number of carbonyl (C=O) groups excluding carboxylic acids is 2. The topological polar surface area (TPSA) is 55.8 Å². The van der Waals surface area contributed by atoms with E-state index in [1.807, 2.05) is 0 Å². The molecule has 0 N–H and O–H groups in total. The highest BCUT2D eigenvalue weighted by Gasteiger charge is 2.40. The smallest absolute Gasteiger partial charge is 0.270 e. The van der Waals surface area contributed by atoms with Crippen LogP contribution in [0.25, 0.3) is 0 Å². The number of anilines is 1. The zero-order valence-corrected chi connectivity index (χ0v) is 10.8. The Hall–Kier alpha value is -2.04. The summed E-state index contributed by atoms with van der Waals surface area (Å²) in [4.78, 5) is 24.4. The van der Waals surface area contributed by atoms with Gasteiger partial charge in [-0.2, -0.15) is 0 Å². The number of methoxy groups -OCH3 is 1. The lowest BCUT2D eigenvalue weighted by Gasteiger charge is -2.37. The van der Waals surface area contributed by atoms with Gasteiger partial charge < -0.3 is 14.4 Å². The van der Waals surface area contributed by atoms with Crippen molar-refractivity contribution in [2.45, 2.75) is 19.4 Å². The Morgan fingerprint density at radius 3 is 2.61 bits per heavy atom. The number of carbonyl (C=O) groups is 2. The lowest BCUT2D eigenvalue weighted by atomic mass is 10.0. The molecule has 5 heteroatoms. The van der Waals surface area contributed by atoms with Crippen molar-refractivity contribution in [3.63, 3.8) is 0 Å². The summed E-state index contributed by atoms with van der Waals surface area (Å²) in [6.45, 7) is 3.39. The molecule has 0 atom stereocenters. The number of benzene rings is 1. The van der Waals surface area contributed by atoms with Crippen LogP contribution in [0.15, 0.2) is 12.1 Å². The summed E-state index contributed by atoms with van der Waals surface area (Å²) in [7, 11) is 3.15. The number of fused-ring (bicyclic) bond motifs is 1. The summed E-state index contributed by atoms with van der Waals surface area (Å²) >= 11 is 0. The van der Waals surface area contributed by atoms with Crippen molar-refractivity contribution in [1.82, 2.24) is 0 Å². The normalized spacial score (nSPS) is 16.9. The first-order valence-corrected chi connectivity index (χ1v) is 5.55. The van der Waals surface area contributed by atoms with Gasteiger partial charge in [0.1, 0.15) is 6.29 Å². The molecule has 1 aromatic carbocycles. The van der Waals surface area contributed by atoms with Gasteiger partial charge >= 0.3 is 0 Å². The first-order chi connectivity index (χ1) is 8.40. The molecule has 0 saturated carbocycles. The third-order valence-corrected chi connectivity index (χ3v) is 2.95. The second kappa shape index (κ2) is 4.01. The molecule has 1 aromatic rings. The lowest BCUT2D eigenvalue weighted by molar-refractivity contribution is -0.132. The molecule has 1 aliphatic rings. The summed E-state index contributed by atoms with van der Waals surface area (Å²) in [5.41, 5.74) is 0.0342. The summed E-state index contributed by atoms with van der Waals surface area (Å²) in [5.74, 6) is 0.761. The Morgan fingerprint density at radius 1 is 1.39 bits per heavy atom. The van der Waals surface area contributed by atoms with Crippen molar-refractivity contribution >= 4 is 17.9 Å². The summed E-state index contributed by atoms with van der Waals surface area (Å²) in [5, 5.41) is 0. The van der Waals surface area contributed by atoms with Crippen LogP contribution in [0, 0.1) is 0 Å². The number of hydrogen-bond donors (Lipinski definition) is 0. The maximum atomic E-state index is 12.1. The maximum Gasteiger partial charge on any atom is 0.270 e. The molecule has 0 saturated heterocycles. The number of aldehydes is 1. The Morgan fingerprint density at radius 2 is 2.06 bits per heavy atom. The van der Waals surface area contributed by atoms with Crippen LogP contribution in [-0.2, 0) is 4.79 Å². The molecule has 0 spiro atoms. The third-order valence-electron chi connectivity index (χ3n) is 2.95. The monoisotopic (exact) mass is 249 g/mol. The van der Waals surface area contributed by atoms with Crippen molar-refractivity contribution in [3.8, 4) is 11.5 Å². The minimum absolute atomic E-state index is 0.167. The van der Waals surface area contributed by atoms with Crippen molar-refractivity contribution in [2.75, 3.05) is 19.1 Å². The molecule has 0 bridgehead atoms. The third kappa shape index (κ3) is 1.72. The Balaban J connectivity index is 2.66. The molecule has 5 nitrogen and oxygen atoms in total. The quantitative estimate of drug-likeness (QED) is 0.748. The highest BCUT2D eigenvalue weighted by atomic mass is 16.5. The standard InChI is InChI=1S/C13H15NO4/c1-13(2)12(16)14(3)9-5-8(7-15)6-10(17-4)11(9)18-13/h5-7H,1-4H3. The Kier molecular flexibility index (Phi) is 2.77. The zero-order chi connectivity index (χ0) is 13.5. The van der Waals surface area contributed by atoms with Crippen LogP contribution >= 0.6 is 0 Å². The Bertz CT molecular complexity index is 522. The second-order valence-electron chi connectivity index (χ2n) is 4.67. The van der Waals surface area contributed by atoms with E-state index in [0.717, 1.165) is 0 Å². The predicted octanol–water partition coefficient (Wildman–Crippen LogP) is 1.64. The molecule has 0 unspecified atom stereocenters. The average molecular weight is 249 g/mol. The molecule has 1 amide bonds. The molecular weight excluding hydrogens is 234 g/mol. The van der Waals surface area contributed by atoms with E-state index in [4.69, 9.17) is 9.47 Å². The number of rotatable bonds is 2. The van der Waals surface area contributed by atoms with Gasteiger partial charge in [-0.25, -0.2) is 0 Å². The van der Waals surface area contributed by atoms with Crippen molar-refractivity contribution in [2.24, 2.45) is 0 Å². The van der Waals surface area contributed by atoms with Gasteiger partial charge in [0.25, 0.3) is 5.91 Å². The number of hydrogen-bond acceptors (Lipinski definition) is 4. The largest absolute Gasteiger partial charge is 0.493 e. The molecular formula is C13H15NO4. The summed E-state index contributed by atoms with van der Waals surface area (Å²) < 4.78 is 10.9. The van der Waals surface area contributed by atoms with E-state index < -0.39 is 5.60 Å².